The topological polar surface area (TPSA) is 26.0 Å². The van der Waals surface area contributed by atoms with Gasteiger partial charge in [0.25, 0.3) is 0 Å². The summed E-state index contributed by atoms with van der Waals surface area (Å²) in [6.45, 7) is 2.35. The number of rotatable bonds is 3. The van der Waals surface area contributed by atoms with Gasteiger partial charge in [0.2, 0.25) is 0 Å². The molecular formula is C12H18BrNS. The molecule has 0 aliphatic heterocycles. The minimum atomic E-state index is 0.345. The van der Waals surface area contributed by atoms with Crippen molar-refractivity contribution >= 4 is 27.3 Å². The summed E-state index contributed by atoms with van der Waals surface area (Å²) in [6.07, 6.45) is 5.09. The van der Waals surface area contributed by atoms with Crippen LogP contribution in [0.25, 0.3) is 0 Å². The fraction of sp³-hybridized carbons (Fsp3) is 0.667. The zero-order chi connectivity index (χ0) is 10.8. The molecule has 1 nitrogen and oxygen atoms in total. The lowest BCUT2D eigenvalue weighted by Gasteiger charge is -2.22. The lowest BCUT2D eigenvalue weighted by Crippen LogP contribution is -2.33. The van der Waals surface area contributed by atoms with E-state index in [1.54, 1.807) is 0 Å². The van der Waals surface area contributed by atoms with Crippen molar-refractivity contribution < 1.29 is 0 Å². The highest BCUT2D eigenvalue weighted by Crippen LogP contribution is 2.35. The van der Waals surface area contributed by atoms with Gasteiger partial charge in [-0.15, -0.1) is 11.3 Å². The first-order valence-electron chi connectivity index (χ1n) is 5.66. The van der Waals surface area contributed by atoms with Crippen LogP contribution in [0.1, 0.15) is 31.1 Å². The van der Waals surface area contributed by atoms with Crippen LogP contribution in [0.15, 0.2) is 15.9 Å². The van der Waals surface area contributed by atoms with E-state index < -0.39 is 0 Å². The highest BCUT2D eigenvalue weighted by molar-refractivity contribution is 9.10. The number of halogens is 1. The standard InChI is InChI=1S/C12H18BrNS/c1-8-3-2-4-9(8)11(14)7-12-10(13)5-6-15-12/h5-6,8-9,11H,2-4,7,14H2,1H3. The van der Waals surface area contributed by atoms with Crippen molar-refractivity contribution in [1.82, 2.24) is 0 Å². The van der Waals surface area contributed by atoms with Crippen molar-refractivity contribution in [2.24, 2.45) is 17.6 Å². The van der Waals surface area contributed by atoms with Gasteiger partial charge in [0.05, 0.1) is 0 Å². The molecule has 0 aromatic carbocycles. The van der Waals surface area contributed by atoms with E-state index in [0.717, 1.165) is 18.3 Å². The van der Waals surface area contributed by atoms with E-state index >= 15 is 0 Å². The third-order valence-corrected chi connectivity index (χ3v) is 5.54. The average molecular weight is 288 g/mol. The summed E-state index contributed by atoms with van der Waals surface area (Å²) in [4.78, 5) is 1.40. The normalized spacial score (nSPS) is 28.2. The largest absolute Gasteiger partial charge is 0.327 e. The fourth-order valence-electron chi connectivity index (χ4n) is 2.65. The molecule has 2 rings (SSSR count). The number of hydrogen-bond acceptors (Lipinski definition) is 2. The molecule has 1 aromatic heterocycles. The first-order valence-corrected chi connectivity index (χ1v) is 7.33. The van der Waals surface area contributed by atoms with Gasteiger partial charge >= 0.3 is 0 Å². The van der Waals surface area contributed by atoms with Crippen molar-refractivity contribution in [3.63, 3.8) is 0 Å². The molecule has 1 aliphatic rings. The molecule has 3 atom stereocenters. The van der Waals surface area contributed by atoms with Crippen LogP contribution in [0.5, 0.6) is 0 Å². The third kappa shape index (κ3) is 2.63. The summed E-state index contributed by atoms with van der Waals surface area (Å²) in [7, 11) is 0. The van der Waals surface area contributed by atoms with E-state index in [1.807, 2.05) is 11.3 Å². The number of nitrogens with two attached hydrogens (primary N) is 1. The monoisotopic (exact) mass is 287 g/mol. The molecule has 84 valence electrons. The van der Waals surface area contributed by atoms with E-state index in [0.29, 0.717) is 6.04 Å². The van der Waals surface area contributed by atoms with Crippen LogP contribution in [0.4, 0.5) is 0 Å². The number of hydrogen-bond donors (Lipinski definition) is 1. The molecule has 1 aromatic rings. The van der Waals surface area contributed by atoms with Crippen LogP contribution in [-0.2, 0) is 6.42 Å². The maximum Gasteiger partial charge on any atom is 0.0314 e. The molecule has 0 bridgehead atoms. The van der Waals surface area contributed by atoms with Crippen LogP contribution < -0.4 is 5.73 Å². The van der Waals surface area contributed by atoms with Gasteiger partial charge in [-0.1, -0.05) is 19.8 Å². The second-order valence-electron chi connectivity index (χ2n) is 4.63. The Morgan fingerprint density at radius 2 is 2.40 bits per heavy atom. The van der Waals surface area contributed by atoms with Crippen molar-refractivity contribution in [1.29, 1.82) is 0 Å². The molecule has 1 fully saturated rings. The molecule has 0 radical (unpaired) electrons. The highest BCUT2D eigenvalue weighted by atomic mass is 79.9. The predicted octanol–water partition coefficient (Wildman–Crippen LogP) is 3.82. The van der Waals surface area contributed by atoms with Gasteiger partial charge in [0.1, 0.15) is 0 Å². The quantitative estimate of drug-likeness (QED) is 0.899. The van der Waals surface area contributed by atoms with Gasteiger partial charge in [-0.25, -0.2) is 0 Å². The number of thiophene rings is 1. The minimum Gasteiger partial charge on any atom is -0.327 e. The van der Waals surface area contributed by atoms with Crippen LogP contribution >= 0.6 is 27.3 Å². The maximum atomic E-state index is 6.32. The van der Waals surface area contributed by atoms with E-state index in [9.17, 15) is 0 Å². The van der Waals surface area contributed by atoms with Gasteiger partial charge in [-0.3, -0.25) is 0 Å². The lowest BCUT2D eigenvalue weighted by atomic mass is 9.89. The summed E-state index contributed by atoms with van der Waals surface area (Å²) in [5, 5.41) is 2.13. The van der Waals surface area contributed by atoms with Crippen molar-refractivity contribution in [2.45, 2.75) is 38.6 Å². The van der Waals surface area contributed by atoms with Gasteiger partial charge < -0.3 is 5.73 Å². The Bertz CT molecular complexity index is 323. The predicted molar refractivity (Wildman–Crippen MR) is 70.2 cm³/mol. The van der Waals surface area contributed by atoms with Crippen molar-refractivity contribution in [3.05, 3.63) is 20.8 Å². The molecule has 1 heterocycles. The summed E-state index contributed by atoms with van der Waals surface area (Å²) >= 11 is 5.38. The zero-order valence-corrected chi connectivity index (χ0v) is 11.5. The van der Waals surface area contributed by atoms with Crippen molar-refractivity contribution in [3.8, 4) is 0 Å². The van der Waals surface area contributed by atoms with E-state index in [1.165, 1.54) is 28.6 Å². The molecule has 15 heavy (non-hydrogen) atoms. The zero-order valence-electron chi connectivity index (χ0n) is 9.08. The summed E-state index contributed by atoms with van der Waals surface area (Å²) < 4.78 is 1.23. The van der Waals surface area contributed by atoms with E-state index in [2.05, 4.69) is 34.3 Å². The third-order valence-electron chi connectivity index (χ3n) is 3.59. The Kier molecular flexibility index (Phi) is 3.86. The van der Waals surface area contributed by atoms with Crippen molar-refractivity contribution in [2.75, 3.05) is 0 Å². The second kappa shape index (κ2) is 4.98. The summed E-state index contributed by atoms with van der Waals surface area (Å²) in [5.41, 5.74) is 6.32. The second-order valence-corrected chi connectivity index (χ2v) is 6.49. The highest BCUT2D eigenvalue weighted by Gasteiger charge is 2.29. The summed E-state index contributed by atoms with van der Waals surface area (Å²) in [6, 6.07) is 2.46. The molecular weight excluding hydrogens is 270 g/mol. The van der Waals surface area contributed by atoms with Gasteiger partial charge in [0.15, 0.2) is 0 Å². The van der Waals surface area contributed by atoms with Crippen LogP contribution in [0, 0.1) is 11.8 Å². The molecule has 0 amide bonds. The average Bonchev–Trinajstić information content (AvgIpc) is 2.76. The Balaban J connectivity index is 1.97. The maximum absolute atomic E-state index is 6.32. The Morgan fingerprint density at radius 3 is 2.93 bits per heavy atom. The smallest absolute Gasteiger partial charge is 0.0314 e. The fourth-order valence-corrected chi connectivity index (χ4v) is 4.23. The van der Waals surface area contributed by atoms with E-state index in [-0.39, 0.29) is 0 Å². The summed E-state index contributed by atoms with van der Waals surface area (Å²) in [5.74, 6) is 1.55. The molecule has 1 saturated carbocycles. The molecule has 0 saturated heterocycles. The molecule has 0 spiro atoms. The van der Waals surface area contributed by atoms with Gasteiger partial charge in [-0.2, -0.15) is 0 Å². The molecule has 2 N–H and O–H groups in total. The SMILES string of the molecule is CC1CCCC1C(N)Cc1sccc1Br. The van der Waals surface area contributed by atoms with Gasteiger partial charge in [-0.05, 0) is 52.1 Å². The Hall–Kier alpha value is 0.140. The van der Waals surface area contributed by atoms with Crippen LogP contribution in [-0.4, -0.2) is 6.04 Å². The van der Waals surface area contributed by atoms with Crippen LogP contribution in [0.3, 0.4) is 0 Å². The molecule has 3 unspecified atom stereocenters. The minimum absolute atomic E-state index is 0.345. The van der Waals surface area contributed by atoms with Gasteiger partial charge in [0, 0.05) is 15.4 Å². The molecule has 1 aliphatic carbocycles. The van der Waals surface area contributed by atoms with E-state index in [4.69, 9.17) is 5.73 Å². The lowest BCUT2D eigenvalue weighted by molar-refractivity contribution is 0.344. The molecule has 3 heteroatoms. The first-order chi connectivity index (χ1) is 7.18. The Morgan fingerprint density at radius 1 is 1.60 bits per heavy atom. The Labute approximate surface area is 104 Å². The first kappa shape index (κ1) is 11.6. The van der Waals surface area contributed by atoms with Crippen LogP contribution in [0.2, 0.25) is 0 Å².